The third-order valence-corrected chi connectivity index (χ3v) is 4.03. The Bertz CT molecular complexity index is 1070. The van der Waals surface area contributed by atoms with Crippen LogP contribution in [0.4, 0.5) is 14.5 Å². The molecule has 3 rings (SSSR count). The minimum Gasteiger partial charge on any atom is -0.497 e. The van der Waals surface area contributed by atoms with Crippen LogP contribution in [0.2, 0.25) is 0 Å². The van der Waals surface area contributed by atoms with Gasteiger partial charge in [0, 0.05) is 11.6 Å². The smallest absolute Gasteiger partial charge is 0.365 e. The van der Waals surface area contributed by atoms with E-state index < -0.39 is 29.3 Å². The molecule has 9 heteroatoms. The highest BCUT2D eigenvalue weighted by Gasteiger charge is 2.20. The Morgan fingerprint density at radius 2 is 1.89 bits per heavy atom. The number of hydrogen-bond acceptors (Lipinski definition) is 5. The van der Waals surface area contributed by atoms with E-state index in [1.807, 2.05) is 0 Å². The van der Waals surface area contributed by atoms with Gasteiger partial charge in [0.2, 0.25) is 5.91 Å². The number of rotatable bonds is 5. The van der Waals surface area contributed by atoms with Gasteiger partial charge >= 0.3 is 5.69 Å². The van der Waals surface area contributed by atoms with Gasteiger partial charge in [0.15, 0.2) is 0 Å². The zero-order valence-corrected chi connectivity index (χ0v) is 15.0. The van der Waals surface area contributed by atoms with E-state index in [9.17, 15) is 18.4 Å². The van der Waals surface area contributed by atoms with Gasteiger partial charge in [0.25, 0.3) is 0 Å². The van der Waals surface area contributed by atoms with Crippen LogP contribution in [0.15, 0.2) is 53.5 Å². The van der Waals surface area contributed by atoms with Crippen molar-refractivity contribution in [2.45, 2.75) is 13.0 Å². The first-order valence-corrected chi connectivity index (χ1v) is 8.25. The number of amides is 1. The van der Waals surface area contributed by atoms with Gasteiger partial charge < -0.3 is 10.1 Å². The number of methoxy groups -OCH3 is 1. The number of halogens is 2. The lowest BCUT2D eigenvalue weighted by Crippen LogP contribution is -2.35. The average molecular weight is 386 g/mol. The Morgan fingerprint density at radius 1 is 1.18 bits per heavy atom. The predicted molar refractivity (Wildman–Crippen MR) is 98.0 cm³/mol. The molecule has 0 fully saturated rings. The van der Waals surface area contributed by atoms with E-state index >= 15 is 0 Å². The summed E-state index contributed by atoms with van der Waals surface area (Å²) < 4.78 is 32.9. The molecule has 0 spiro atoms. The van der Waals surface area contributed by atoms with E-state index in [-0.39, 0.29) is 5.69 Å². The molecular formula is C19H16F2N4O3. The van der Waals surface area contributed by atoms with E-state index in [2.05, 4.69) is 15.4 Å². The average Bonchev–Trinajstić information content (AvgIpc) is 2.70. The quantitative estimate of drug-likeness (QED) is 0.729. The first kappa shape index (κ1) is 19.2. The van der Waals surface area contributed by atoms with Crippen LogP contribution >= 0.6 is 0 Å². The summed E-state index contributed by atoms with van der Waals surface area (Å²) >= 11 is 0. The Labute approximate surface area is 158 Å². The van der Waals surface area contributed by atoms with Crippen molar-refractivity contribution in [1.82, 2.24) is 14.8 Å². The number of hydrogen-bond donors (Lipinski definition) is 1. The molecule has 0 bridgehead atoms. The number of ether oxygens (including phenoxy) is 1. The summed E-state index contributed by atoms with van der Waals surface area (Å²) in [7, 11) is 1.54. The lowest BCUT2D eigenvalue weighted by Gasteiger charge is -2.14. The largest absolute Gasteiger partial charge is 0.497 e. The van der Waals surface area contributed by atoms with Gasteiger partial charge in [-0.25, -0.2) is 18.3 Å². The zero-order chi connectivity index (χ0) is 20.3. The maximum Gasteiger partial charge on any atom is 0.365 e. The van der Waals surface area contributed by atoms with Gasteiger partial charge in [-0.3, -0.25) is 4.79 Å². The molecule has 1 aromatic heterocycles. The highest BCUT2D eigenvalue weighted by molar-refractivity contribution is 5.93. The van der Waals surface area contributed by atoms with Crippen molar-refractivity contribution >= 4 is 11.6 Å². The van der Waals surface area contributed by atoms with Crippen molar-refractivity contribution in [2.75, 3.05) is 12.4 Å². The molecule has 1 heterocycles. The SMILES string of the molecule is COc1ccc(-c2cnn(C(C)C(=O)Nc3cc(F)ccc3F)c(=O)n2)cc1. The second-order valence-corrected chi connectivity index (χ2v) is 5.89. The van der Waals surface area contributed by atoms with Gasteiger partial charge in [-0.05, 0) is 43.3 Å². The highest BCUT2D eigenvalue weighted by Crippen LogP contribution is 2.20. The fourth-order valence-electron chi connectivity index (χ4n) is 2.46. The lowest BCUT2D eigenvalue weighted by atomic mass is 10.1. The molecule has 2 aromatic carbocycles. The molecule has 0 saturated carbocycles. The third-order valence-electron chi connectivity index (χ3n) is 4.03. The van der Waals surface area contributed by atoms with Gasteiger partial charge in [0.05, 0.1) is 24.7 Å². The maximum atomic E-state index is 13.7. The maximum absolute atomic E-state index is 13.7. The van der Waals surface area contributed by atoms with Gasteiger partial charge in [-0.2, -0.15) is 10.1 Å². The summed E-state index contributed by atoms with van der Waals surface area (Å²) in [6.45, 7) is 1.40. The number of nitrogens with zero attached hydrogens (tertiary/aromatic N) is 3. The van der Waals surface area contributed by atoms with E-state index in [0.717, 1.165) is 22.9 Å². The van der Waals surface area contributed by atoms with Gasteiger partial charge in [-0.1, -0.05) is 0 Å². The molecule has 28 heavy (non-hydrogen) atoms. The number of anilines is 1. The van der Waals surface area contributed by atoms with Crippen LogP contribution in [0.3, 0.4) is 0 Å². The Hall–Kier alpha value is -3.62. The van der Waals surface area contributed by atoms with Crippen molar-refractivity contribution in [1.29, 1.82) is 0 Å². The van der Waals surface area contributed by atoms with Gasteiger partial charge in [-0.15, -0.1) is 0 Å². The molecule has 7 nitrogen and oxygen atoms in total. The minimum atomic E-state index is -1.09. The van der Waals surface area contributed by atoms with E-state index in [4.69, 9.17) is 4.74 Å². The summed E-state index contributed by atoms with van der Waals surface area (Å²) in [4.78, 5) is 28.5. The molecule has 1 atom stereocenters. The molecule has 1 amide bonds. The zero-order valence-electron chi connectivity index (χ0n) is 15.0. The third kappa shape index (κ3) is 4.03. The van der Waals surface area contributed by atoms with E-state index in [1.165, 1.54) is 20.2 Å². The van der Waals surface area contributed by atoms with Crippen molar-refractivity contribution in [2.24, 2.45) is 0 Å². The van der Waals surface area contributed by atoms with Crippen LogP contribution in [0, 0.1) is 11.6 Å². The van der Waals surface area contributed by atoms with Crippen molar-refractivity contribution in [3.8, 4) is 17.0 Å². The molecule has 144 valence electrons. The second kappa shape index (κ2) is 7.95. The summed E-state index contributed by atoms with van der Waals surface area (Å²) in [6, 6.07) is 8.45. The van der Waals surface area contributed by atoms with Crippen LogP contribution in [0.5, 0.6) is 5.75 Å². The summed E-state index contributed by atoms with van der Waals surface area (Å²) in [5.41, 5.74) is -0.104. The van der Waals surface area contributed by atoms with Crippen LogP contribution in [-0.2, 0) is 4.79 Å². The molecule has 1 N–H and O–H groups in total. The standard InChI is InChI=1S/C19H16F2N4O3/c1-11(18(26)23-16-9-13(20)5-8-15(16)21)25-19(27)24-17(10-22-25)12-3-6-14(28-2)7-4-12/h3-11H,1-2H3,(H,23,26). The lowest BCUT2D eigenvalue weighted by molar-refractivity contribution is -0.119. The Balaban J connectivity index is 1.81. The number of aromatic nitrogens is 3. The first-order valence-electron chi connectivity index (χ1n) is 8.25. The number of benzene rings is 2. The summed E-state index contributed by atoms with van der Waals surface area (Å²) in [6.07, 6.45) is 1.34. The van der Waals surface area contributed by atoms with Crippen LogP contribution in [0.1, 0.15) is 13.0 Å². The second-order valence-electron chi connectivity index (χ2n) is 5.89. The molecule has 1 unspecified atom stereocenters. The molecule has 0 saturated heterocycles. The number of carbonyl (C=O) groups excluding carboxylic acids is 1. The van der Waals surface area contributed by atoms with Crippen molar-refractivity contribution < 1.29 is 18.3 Å². The number of carbonyl (C=O) groups is 1. The predicted octanol–water partition coefficient (Wildman–Crippen LogP) is 2.79. The molecular weight excluding hydrogens is 370 g/mol. The molecule has 0 aliphatic carbocycles. The highest BCUT2D eigenvalue weighted by atomic mass is 19.1. The topological polar surface area (TPSA) is 86.1 Å². The molecule has 3 aromatic rings. The summed E-state index contributed by atoms with van der Waals surface area (Å²) in [5.74, 6) is -1.58. The Morgan fingerprint density at radius 3 is 2.54 bits per heavy atom. The molecule has 0 aliphatic rings. The fraction of sp³-hybridized carbons (Fsp3) is 0.158. The minimum absolute atomic E-state index is 0.326. The summed E-state index contributed by atoms with van der Waals surface area (Å²) in [5, 5.41) is 6.22. The van der Waals surface area contributed by atoms with Crippen molar-refractivity contribution in [3.63, 3.8) is 0 Å². The monoisotopic (exact) mass is 386 g/mol. The van der Waals surface area contributed by atoms with Crippen molar-refractivity contribution in [3.05, 3.63) is 70.8 Å². The normalized spacial score (nSPS) is 11.7. The number of nitrogens with one attached hydrogen (secondary N) is 1. The first-order chi connectivity index (χ1) is 13.4. The van der Waals surface area contributed by atoms with Crippen LogP contribution in [-0.4, -0.2) is 27.8 Å². The van der Waals surface area contributed by atoms with Crippen LogP contribution < -0.4 is 15.7 Å². The molecule has 0 aliphatic heterocycles. The van der Waals surface area contributed by atoms with E-state index in [1.54, 1.807) is 24.3 Å². The fourth-order valence-corrected chi connectivity index (χ4v) is 2.46. The Kier molecular flexibility index (Phi) is 5.44. The van der Waals surface area contributed by atoms with Gasteiger partial charge in [0.1, 0.15) is 23.4 Å². The van der Waals surface area contributed by atoms with Crippen LogP contribution in [0.25, 0.3) is 11.3 Å². The molecule has 0 radical (unpaired) electrons. The van der Waals surface area contributed by atoms with E-state index in [0.29, 0.717) is 17.0 Å².